The normalized spacial score (nSPS) is 10.8. The maximum Gasteiger partial charge on any atom is 0.0510 e. The molecule has 0 fully saturated rings. The predicted molar refractivity (Wildman–Crippen MR) is 57.4 cm³/mol. The van der Waals surface area contributed by atoms with E-state index in [-0.39, 0.29) is 0 Å². The van der Waals surface area contributed by atoms with Crippen molar-refractivity contribution in [3.05, 3.63) is 35.2 Å². The fraction of sp³-hybridized carbons (Fsp3) is 0.273. The van der Waals surface area contributed by atoms with Gasteiger partial charge in [-0.05, 0) is 17.5 Å². The molecule has 0 unspecified atom stereocenters. The summed E-state index contributed by atoms with van der Waals surface area (Å²) in [6, 6.07) is 10.7. The monoisotopic (exact) mass is 192 g/mol. The van der Waals surface area contributed by atoms with Crippen molar-refractivity contribution < 1.29 is 4.74 Å². The molecule has 68 valence electrons. The molecule has 1 aromatic heterocycles. The van der Waals surface area contributed by atoms with Gasteiger partial charge in [-0.2, -0.15) is 0 Å². The number of hydrogen-bond acceptors (Lipinski definition) is 2. The number of hydrogen-bond donors (Lipinski definition) is 0. The van der Waals surface area contributed by atoms with Crippen molar-refractivity contribution in [2.24, 2.45) is 0 Å². The van der Waals surface area contributed by atoms with Gasteiger partial charge < -0.3 is 4.74 Å². The van der Waals surface area contributed by atoms with Crippen molar-refractivity contribution in [2.75, 3.05) is 13.7 Å². The minimum atomic E-state index is 0.812. The summed E-state index contributed by atoms with van der Waals surface area (Å²) in [4.78, 5) is 1.41. The summed E-state index contributed by atoms with van der Waals surface area (Å²) in [5.41, 5.74) is 0. The van der Waals surface area contributed by atoms with Crippen LogP contribution >= 0.6 is 11.3 Å². The van der Waals surface area contributed by atoms with Crippen molar-refractivity contribution >= 4 is 21.4 Å². The van der Waals surface area contributed by atoms with E-state index in [1.165, 1.54) is 15.0 Å². The average Bonchev–Trinajstić information content (AvgIpc) is 2.57. The number of rotatable bonds is 3. The first-order chi connectivity index (χ1) is 6.40. The minimum Gasteiger partial charge on any atom is -0.384 e. The molecule has 0 amide bonds. The first-order valence-electron chi connectivity index (χ1n) is 4.36. The van der Waals surface area contributed by atoms with Crippen LogP contribution < -0.4 is 0 Å². The lowest BCUT2D eigenvalue weighted by Gasteiger charge is -1.92. The molecule has 1 heterocycles. The van der Waals surface area contributed by atoms with Gasteiger partial charge in [0.05, 0.1) is 6.61 Å². The lowest BCUT2D eigenvalue weighted by molar-refractivity contribution is 0.203. The number of thiophene rings is 1. The number of fused-ring (bicyclic) bond motifs is 1. The summed E-state index contributed by atoms with van der Waals surface area (Å²) in [6.07, 6.45) is 1.02. The molecule has 0 atom stereocenters. The molecule has 2 heteroatoms. The highest BCUT2D eigenvalue weighted by molar-refractivity contribution is 7.19. The Morgan fingerprint density at radius 1 is 1.31 bits per heavy atom. The zero-order valence-electron chi connectivity index (χ0n) is 7.62. The Morgan fingerprint density at radius 2 is 2.15 bits per heavy atom. The van der Waals surface area contributed by atoms with Gasteiger partial charge >= 0.3 is 0 Å². The Labute approximate surface area is 82.0 Å². The molecular formula is C11H12OS. The van der Waals surface area contributed by atoms with Crippen molar-refractivity contribution in [3.63, 3.8) is 0 Å². The van der Waals surface area contributed by atoms with E-state index in [4.69, 9.17) is 4.74 Å². The Morgan fingerprint density at radius 3 is 2.92 bits per heavy atom. The summed E-state index contributed by atoms with van der Waals surface area (Å²) < 4.78 is 6.42. The minimum absolute atomic E-state index is 0.812. The smallest absolute Gasteiger partial charge is 0.0510 e. The summed E-state index contributed by atoms with van der Waals surface area (Å²) in [7, 11) is 1.74. The van der Waals surface area contributed by atoms with E-state index in [1.807, 2.05) is 11.3 Å². The first kappa shape index (κ1) is 8.73. The molecule has 0 aliphatic heterocycles. The second kappa shape index (κ2) is 3.90. The Hall–Kier alpha value is -0.860. The van der Waals surface area contributed by atoms with Crippen LogP contribution in [0, 0.1) is 0 Å². The lowest BCUT2D eigenvalue weighted by atomic mass is 10.2. The number of ether oxygens (including phenoxy) is 1. The van der Waals surface area contributed by atoms with E-state index in [0.717, 1.165) is 13.0 Å². The second-order valence-corrected chi connectivity index (χ2v) is 4.16. The van der Waals surface area contributed by atoms with E-state index >= 15 is 0 Å². The summed E-state index contributed by atoms with van der Waals surface area (Å²) >= 11 is 1.86. The molecule has 13 heavy (non-hydrogen) atoms. The van der Waals surface area contributed by atoms with Gasteiger partial charge in [-0.25, -0.2) is 0 Å². The van der Waals surface area contributed by atoms with Gasteiger partial charge in [-0.15, -0.1) is 11.3 Å². The molecule has 2 aromatic rings. The highest BCUT2D eigenvalue weighted by Crippen LogP contribution is 2.25. The van der Waals surface area contributed by atoms with Crippen molar-refractivity contribution in [3.8, 4) is 0 Å². The van der Waals surface area contributed by atoms with Gasteiger partial charge in [0.25, 0.3) is 0 Å². The van der Waals surface area contributed by atoms with Gasteiger partial charge in [0.2, 0.25) is 0 Å². The van der Waals surface area contributed by atoms with Crippen LogP contribution in [0.1, 0.15) is 4.88 Å². The maximum atomic E-state index is 5.05. The fourth-order valence-electron chi connectivity index (χ4n) is 1.36. The van der Waals surface area contributed by atoms with Crippen LogP contribution in [0.15, 0.2) is 30.3 Å². The molecular weight excluding hydrogens is 180 g/mol. The van der Waals surface area contributed by atoms with Gasteiger partial charge in [-0.3, -0.25) is 0 Å². The van der Waals surface area contributed by atoms with Crippen LogP contribution in [0.25, 0.3) is 10.1 Å². The standard InChI is InChI=1S/C11H12OS/c1-12-7-6-10-8-9-4-2-3-5-11(9)13-10/h2-5,8H,6-7H2,1H3. The van der Waals surface area contributed by atoms with Crippen molar-refractivity contribution in [1.29, 1.82) is 0 Å². The third kappa shape index (κ3) is 1.90. The maximum absolute atomic E-state index is 5.05. The molecule has 0 saturated heterocycles. The third-order valence-corrected chi connectivity index (χ3v) is 3.21. The quantitative estimate of drug-likeness (QED) is 0.726. The molecule has 1 aromatic carbocycles. The summed E-state index contributed by atoms with van der Waals surface area (Å²) in [5.74, 6) is 0. The predicted octanol–water partition coefficient (Wildman–Crippen LogP) is 3.09. The largest absolute Gasteiger partial charge is 0.384 e. The van der Waals surface area contributed by atoms with Crippen molar-refractivity contribution in [1.82, 2.24) is 0 Å². The second-order valence-electron chi connectivity index (χ2n) is 2.99. The van der Waals surface area contributed by atoms with Gasteiger partial charge in [0, 0.05) is 23.1 Å². The van der Waals surface area contributed by atoms with Crippen molar-refractivity contribution in [2.45, 2.75) is 6.42 Å². The van der Waals surface area contributed by atoms with E-state index in [1.54, 1.807) is 7.11 Å². The van der Waals surface area contributed by atoms with E-state index in [9.17, 15) is 0 Å². The molecule has 0 saturated carbocycles. The average molecular weight is 192 g/mol. The Kier molecular flexibility index (Phi) is 2.62. The molecule has 0 spiro atoms. The lowest BCUT2D eigenvalue weighted by Crippen LogP contribution is -1.90. The van der Waals surface area contributed by atoms with Gasteiger partial charge in [0.15, 0.2) is 0 Å². The number of methoxy groups -OCH3 is 1. The highest BCUT2D eigenvalue weighted by atomic mass is 32.1. The molecule has 0 bridgehead atoms. The van der Waals surface area contributed by atoms with Gasteiger partial charge in [0.1, 0.15) is 0 Å². The van der Waals surface area contributed by atoms with Crippen LogP contribution in [-0.4, -0.2) is 13.7 Å². The summed E-state index contributed by atoms with van der Waals surface area (Å²) in [6.45, 7) is 0.812. The van der Waals surface area contributed by atoms with Crippen LogP contribution in [0.3, 0.4) is 0 Å². The molecule has 1 nitrogen and oxygen atoms in total. The zero-order chi connectivity index (χ0) is 9.10. The van der Waals surface area contributed by atoms with E-state index in [0.29, 0.717) is 0 Å². The zero-order valence-corrected chi connectivity index (χ0v) is 8.43. The molecule has 0 aliphatic carbocycles. The summed E-state index contributed by atoms with van der Waals surface area (Å²) in [5, 5.41) is 1.35. The first-order valence-corrected chi connectivity index (χ1v) is 5.18. The number of benzene rings is 1. The topological polar surface area (TPSA) is 9.23 Å². The fourth-order valence-corrected chi connectivity index (χ4v) is 2.41. The van der Waals surface area contributed by atoms with Crippen LogP contribution in [0.5, 0.6) is 0 Å². The Bertz CT molecular complexity index is 359. The van der Waals surface area contributed by atoms with Crippen LogP contribution in [0.2, 0.25) is 0 Å². The highest BCUT2D eigenvalue weighted by Gasteiger charge is 1.99. The van der Waals surface area contributed by atoms with E-state index in [2.05, 4.69) is 30.3 Å². The molecule has 2 rings (SSSR count). The van der Waals surface area contributed by atoms with Crippen LogP contribution in [-0.2, 0) is 11.2 Å². The van der Waals surface area contributed by atoms with Crippen LogP contribution in [0.4, 0.5) is 0 Å². The van der Waals surface area contributed by atoms with Gasteiger partial charge in [-0.1, -0.05) is 18.2 Å². The molecule has 0 aliphatic rings. The SMILES string of the molecule is COCCc1cc2ccccc2s1. The van der Waals surface area contributed by atoms with E-state index < -0.39 is 0 Å². The Balaban J connectivity index is 2.28. The molecule has 0 N–H and O–H groups in total. The third-order valence-electron chi connectivity index (χ3n) is 2.03. The molecule has 0 radical (unpaired) electrons.